The molecule has 0 N–H and O–H groups in total. The van der Waals surface area contributed by atoms with Crippen LogP contribution in [0.3, 0.4) is 0 Å². The van der Waals surface area contributed by atoms with Gasteiger partial charge in [-0.25, -0.2) is 8.42 Å². The van der Waals surface area contributed by atoms with Crippen LogP contribution in [-0.4, -0.2) is 15.0 Å². The van der Waals surface area contributed by atoms with Gasteiger partial charge in [0.05, 0.1) is 23.1 Å². The van der Waals surface area contributed by atoms with Crippen LogP contribution < -0.4 is 4.31 Å². The van der Waals surface area contributed by atoms with Crippen LogP contribution in [0.4, 0.5) is 5.69 Å². The number of hydrogen-bond donors (Lipinski definition) is 0. The average Bonchev–Trinajstić information content (AvgIpc) is 2.92. The zero-order valence-electron chi connectivity index (χ0n) is 11.4. The first-order valence-electron chi connectivity index (χ1n) is 6.68. The van der Waals surface area contributed by atoms with E-state index >= 15 is 0 Å². The minimum absolute atomic E-state index is 0.148. The lowest BCUT2D eigenvalue weighted by Crippen LogP contribution is -2.30. The Hall–Kier alpha value is -2.32. The van der Waals surface area contributed by atoms with Gasteiger partial charge in [-0.2, -0.15) is 5.26 Å². The predicted octanol–water partition coefficient (Wildman–Crippen LogP) is 2.45. The molecule has 2 aromatic rings. The first-order valence-corrected chi connectivity index (χ1v) is 8.29. The van der Waals surface area contributed by atoms with Crippen LogP contribution in [0.15, 0.2) is 48.5 Å². The Morgan fingerprint density at radius 1 is 1.10 bits per heavy atom. The fourth-order valence-electron chi connectivity index (χ4n) is 2.63. The summed E-state index contributed by atoms with van der Waals surface area (Å²) < 4.78 is 26.8. The first-order chi connectivity index (χ1) is 10.1. The number of anilines is 1. The molecule has 1 aliphatic heterocycles. The summed E-state index contributed by atoms with van der Waals surface area (Å²) in [6.07, 6.45) is 0.731. The summed E-state index contributed by atoms with van der Waals surface area (Å²) in [6, 6.07) is 16.4. The third-order valence-electron chi connectivity index (χ3n) is 3.66. The van der Waals surface area contributed by atoms with Crippen LogP contribution in [0, 0.1) is 11.3 Å². The van der Waals surface area contributed by atoms with Crippen molar-refractivity contribution in [2.75, 3.05) is 10.8 Å². The van der Waals surface area contributed by atoms with Gasteiger partial charge < -0.3 is 0 Å². The van der Waals surface area contributed by atoms with Crippen LogP contribution in [-0.2, 0) is 22.2 Å². The van der Waals surface area contributed by atoms with Crippen molar-refractivity contribution in [1.82, 2.24) is 0 Å². The summed E-state index contributed by atoms with van der Waals surface area (Å²) in [6.45, 7) is 0.469. The summed E-state index contributed by atoms with van der Waals surface area (Å²) in [5.41, 5.74) is 2.76. The standard InChI is InChI=1S/C16H14N2O2S/c17-11-14-6-1-2-7-15(14)12-21(19,20)18-10-9-13-5-3-4-8-16(13)18/h1-8H,9-10,12H2. The molecule has 4 nitrogen and oxygen atoms in total. The minimum atomic E-state index is -3.48. The molecule has 0 bridgehead atoms. The quantitative estimate of drug-likeness (QED) is 0.874. The summed E-state index contributed by atoms with van der Waals surface area (Å²) in [4.78, 5) is 0. The van der Waals surface area contributed by atoms with E-state index in [1.54, 1.807) is 24.3 Å². The normalized spacial score (nSPS) is 13.8. The number of hydrogen-bond acceptors (Lipinski definition) is 3. The van der Waals surface area contributed by atoms with Gasteiger partial charge >= 0.3 is 0 Å². The van der Waals surface area contributed by atoms with E-state index in [1.807, 2.05) is 30.3 Å². The van der Waals surface area contributed by atoms with Gasteiger partial charge in [-0.1, -0.05) is 36.4 Å². The van der Waals surface area contributed by atoms with Crippen LogP contribution in [0.25, 0.3) is 0 Å². The van der Waals surface area contributed by atoms with Crippen LogP contribution >= 0.6 is 0 Å². The lowest BCUT2D eigenvalue weighted by atomic mass is 10.1. The number of nitrogens with zero attached hydrogens (tertiary/aromatic N) is 2. The third kappa shape index (κ3) is 2.50. The number of benzene rings is 2. The topological polar surface area (TPSA) is 61.2 Å². The molecule has 0 saturated carbocycles. The van der Waals surface area contributed by atoms with Crippen LogP contribution in [0.1, 0.15) is 16.7 Å². The van der Waals surface area contributed by atoms with Gasteiger partial charge in [-0.15, -0.1) is 0 Å². The SMILES string of the molecule is N#Cc1ccccc1CS(=O)(=O)N1CCc2ccccc21. The molecule has 0 fully saturated rings. The van der Waals surface area contributed by atoms with E-state index in [-0.39, 0.29) is 5.75 Å². The van der Waals surface area contributed by atoms with E-state index in [1.165, 1.54) is 4.31 Å². The Bertz CT molecular complexity index is 822. The van der Waals surface area contributed by atoms with Gasteiger partial charge in [-0.3, -0.25) is 4.31 Å². The second-order valence-electron chi connectivity index (χ2n) is 4.98. The molecule has 0 saturated heterocycles. The van der Waals surface area contributed by atoms with Crippen molar-refractivity contribution in [3.8, 4) is 6.07 Å². The Morgan fingerprint density at radius 3 is 2.62 bits per heavy atom. The largest absolute Gasteiger partial charge is 0.269 e. The smallest absolute Gasteiger partial charge is 0.239 e. The Balaban J connectivity index is 1.95. The predicted molar refractivity (Wildman–Crippen MR) is 81.3 cm³/mol. The molecular formula is C16H14N2O2S. The Kier molecular flexibility index (Phi) is 3.40. The monoisotopic (exact) mass is 298 g/mol. The number of para-hydroxylation sites is 1. The molecule has 1 heterocycles. The zero-order chi connectivity index (χ0) is 14.9. The number of fused-ring (bicyclic) bond motifs is 1. The first kappa shape index (κ1) is 13.7. The lowest BCUT2D eigenvalue weighted by molar-refractivity contribution is 0.591. The van der Waals surface area contributed by atoms with Gasteiger partial charge in [0, 0.05) is 6.54 Å². The highest BCUT2D eigenvalue weighted by atomic mass is 32.2. The average molecular weight is 298 g/mol. The van der Waals surface area contributed by atoms with E-state index in [9.17, 15) is 8.42 Å². The summed E-state index contributed by atoms with van der Waals surface area (Å²) in [7, 11) is -3.48. The van der Waals surface area contributed by atoms with E-state index in [4.69, 9.17) is 5.26 Å². The highest BCUT2D eigenvalue weighted by molar-refractivity contribution is 7.92. The van der Waals surface area contributed by atoms with E-state index < -0.39 is 10.0 Å². The van der Waals surface area contributed by atoms with Crippen molar-refractivity contribution in [3.63, 3.8) is 0 Å². The lowest BCUT2D eigenvalue weighted by Gasteiger charge is -2.19. The summed E-state index contributed by atoms with van der Waals surface area (Å²) in [5, 5.41) is 9.08. The van der Waals surface area contributed by atoms with Crippen molar-refractivity contribution in [2.45, 2.75) is 12.2 Å². The number of sulfonamides is 1. The molecule has 0 unspecified atom stereocenters. The highest BCUT2D eigenvalue weighted by Gasteiger charge is 2.29. The zero-order valence-corrected chi connectivity index (χ0v) is 12.2. The minimum Gasteiger partial charge on any atom is -0.269 e. The fourth-order valence-corrected chi connectivity index (χ4v) is 4.27. The Labute approximate surface area is 124 Å². The molecule has 1 aliphatic rings. The van der Waals surface area contributed by atoms with E-state index in [0.717, 1.165) is 17.7 Å². The molecule has 0 atom stereocenters. The van der Waals surface area contributed by atoms with Gasteiger partial charge in [0.2, 0.25) is 10.0 Å². The third-order valence-corrected chi connectivity index (χ3v) is 5.38. The molecular weight excluding hydrogens is 284 g/mol. The van der Waals surface area contributed by atoms with Crippen molar-refractivity contribution in [2.24, 2.45) is 0 Å². The molecule has 3 rings (SSSR count). The highest BCUT2D eigenvalue weighted by Crippen LogP contribution is 2.31. The maximum atomic E-state index is 12.6. The number of nitriles is 1. The van der Waals surface area contributed by atoms with E-state index in [0.29, 0.717) is 17.7 Å². The van der Waals surface area contributed by atoms with E-state index in [2.05, 4.69) is 0 Å². The van der Waals surface area contributed by atoms with Gasteiger partial charge in [0.1, 0.15) is 0 Å². The Morgan fingerprint density at radius 2 is 1.81 bits per heavy atom. The number of rotatable bonds is 3. The molecule has 21 heavy (non-hydrogen) atoms. The van der Waals surface area contributed by atoms with Crippen molar-refractivity contribution < 1.29 is 8.42 Å². The molecule has 5 heteroatoms. The van der Waals surface area contributed by atoms with Gasteiger partial charge in [-0.05, 0) is 29.7 Å². The van der Waals surface area contributed by atoms with Crippen molar-refractivity contribution >= 4 is 15.7 Å². The van der Waals surface area contributed by atoms with Crippen molar-refractivity contribution in [3.05, 3.63) is 65.2 Å². The second kappa shape index (κ2) is 5.23. The second-order valence-corrected chi connectivity index (χ2v) is 6.87. The van der Waals surface area contributed by atoms with Crippen LogP contribution in [0.5, 0.6) is 0 Å². The summed E-state index contributed by atoms with van der Waals surface area (Å²) >= 11 is 0. The molecule has 0 amide bonds. The van der Waals surface area contributed by atoms with Gasteiger partial charge in [0.15, 0.2) is 0 Å². The maximum absolute atomic E-state index is 12.6. The van der Waals surface area contributed by atoms with Gasteiger partial charge in [0.25, 0.3) is 0 Å². The molecule has 106 valence electrons. The molecule has 0 aromatic heterocycles. The molecule has 0 spiro atoms. The van der Waals surface area contributed by atoms with Crippen molar-refractivity contribution in [1.29, 1.82) is 5.26 Å². The summed E-state index contributed by atoms with van der Waals surface area (Å²) in [5.74, 6) is -0.148. The molecule has 2 aromatic carbocycles. The fraction of sp³-hybridized carbons (Fsp3) is 0.188. The molecule has 0 radical (unpaired) electrons. The maximum Gasteiger partial charge on any atom is 0.239 e. The molecule has 0 aliphatic carbocycles. The van der Waals surface area contributed by atoms with Crippen LogP contribution in [0.2, 0.25) is 0 Å².